The van der Waals surface area contributed by atoms with Gasteiger partial charge in [0, 0.05) is 0 Å². The van der Waals surface area contributed by atoms with Crippen LogP contribution in [0, 0.1) is 0 Å². The molecule has 0 aliphatic heterocycles. The third kappa shape index (κ3) is 2.62. The Morgan fingerprint density at radius 1 is 1.19 bits per heavy atom. The molecule has 5 nitrogen and oxygen atoms in total. The number of fused-ring (bicyclic) bond motifs is 1. The average molecular weight is 314 g/mol. The molecule has 0 saturated carbocycles. The number of aromatic nitrogens is 4. The number of alkyl halides is 3. The molecule has 0 spiro atoms. The van der Waals surface area contributed by atoms with E-state index in [9.17, 15) is 13.2 Å². The second-order valence-electron chi connectivity index (χ2n) is 4.17. The van der Waals surface area contributed by atoms with Gasteiger partial charge in [0.15, 0.2) is 5.65 Å². The SMILES string of the molecule is FC(F)(F)c1ccc(Cl)c(Nc2ncnc3[nH]ncc23)c1. The van der Waals surface area contributed by atoms with Crippen molar-refractivity contribution in [3.8, 4) is 0 Å². The zero-order valence-electron chi connectivity index (χ0n) is 10.2. The Morgan fingerprint density at radius 3 is 2.76 bits per heavy atom. The van der Waals surface area contributed by atoms with Crippen molar-refractivity contribution in [1.82, 2.24) is 20.2 Å². The first-order valence-electron chi connectivity index (χ1n) is 5.73. The Labute approximate surface area is 121 Å². The lowest BCUT2D eigenvalue weighted by atomic mass is 10.2. The molecule has 0 amide bonds. The van der Waals surface area contributed by atoms with E-state index in [4.69, 9.17) is 11.6 Å². The maximum absolute atomic E-state index is 12.7. The van der Waals surface area contributed by atoms with E-state index in [0.717, 1.165) is 12.1 Å². The number of benzene rings is 1. The Balaban J connectivity index is 2.03. The summed E-state index contributed by atoms with van der Waals surface area (Å²) in [6.07, 6.45) is -1.71. The Kier molecular flexibility index (Phi) is 3.17. The van der Waals surface area contributed by atoms with Gasteiger partial charge in [-0.05, 0) is 18.2 Å². The first-order chi connectivity index (χ1) is 9.95. The quantitative estimate of drug-likeness (QED) is 0.756. The van der Waals surface area contributed by atoms with Gasteiger partial charge >= 0.3 is 6.18 Å². The molecular weight excluding hydrogens is 307 g/mol. The highest BCUT2D eigenvalue weighted by Gasteiger charge is 2.31. The second-order valence-corrected chi connectivity index (χ2v) is 4.58. The number of aromatic amines is 1. The van der Waals surface area contributed by atoms with Crippen molar-refractivity contribution < 1.29 is 13.2 Å². The normalized spacial score (nSPS) is 11.8. The molecule has 1 aromatic carbocycles. The number of hydrogen-bond acceptors (Lipinski definition) is 4. The van der Waals surface area contributed by atoms with E-state index in [1.165, 1.54) is 18.6 Å². The van der Waals surface area contributed by atoms with Crippen LogP contribution in [0.2, 0.25) is 5.02 Å². The molecule has 3 rings (SSSR count). The highest BCUT2D eigenvalue weighted by molar-refractivity contribution is 6.33. The van der Waals surface area contributed by atoms with Gasteiger partial charge in [0.25, 0.3) is 0 Å². The molecular formula is C12H7ClF3N5. The lowest BCUT2D eigenvalue weighted by molar-refractivity contribution is -0.137. The van der Waals surface area contributed by atoms with Crippen molar-refractivity contribution in [2.45, 2.75) is 6.18 Å². The van der Waals surface area contributed by atoms with Crippen molar-refractivity contribution in [3.05, 3.63) is 41.3 Å². The van der Waals surface area contributed by atoms with Crippen molar-refractivity contribution in [3.63, 3.8) is 0 Å². The summed E-state index contributed by atoms with van der Waals surface area (Å²) in [7, 11) is 0. The smallest absolute Gasteiger partial charge is 0.338 e. The minimum absolute atomic E-state index is 0.104. The van der Waals surface area contributed by atoms with Crippen LogP contribution < -0.4 is 5.32 Å². The van der Waals surface area contributed by atoms with Gasteiger partial charge < -0.3 is 5.32 Å². The Bertz CT molecular complexity index is 799. The average Bonchev–Trinajstić information content (AvgIpc) is 2.89. The molecule has 0 unspecified atom stereocenters. The summed E-state index contributed by atoms with van der Waals surface area (Å²) in [5.41, 5.74) is -0.227. The van der Waals surface area contributed by atoms with Gasteiger partial charge in [-0.15, -0.1) is 0 Å². The molecule has 0 fully saturated rings. The monoisotopic (exact) mass is 313 g/mol. The number of nitrogens with one attached hydrogen (secondary N) is 2. The molecule has 2 heterocycles. The minimum Gasteiger partial charge on any atom is -0.338 e. The zero-order chi connectivity index (χ0) is 15.0. The second kappa shape index (κ2) is 4.88. The lowest BCUT2D eigenvalue weighted by Crippen LogP contribution is -2.06. The van der Waals surface area contributed by atoms with Gasteiger partial charge in [-0.3, -0.25) is 5.10 Å². The van der Waals surface area contributed by atoms with Crippen LogP contribution >= 0.6 is 11.6 Å². The molecule has 0 radical (unpaired) electrons. The van der Waals surface area contributed by atoms with Crippen molar-refractivity contribution >= 4 is 34.1 Å². The van der Waals surface area contributed by atoms with Crippen molar-refractivity contribution in [1.29, 1.82) is 0 Å². The van der Waals surface area contributed by atoms with Crippen LogP contribution in [0.1, 0.15) is 5.56 Å². The van der Waals surface area contributed by atoms with E-state index in [1.54, 1.807) is 0 Å². The van der Waals surface area contributed by atoms with E-state index < -0.39 is 11.7 Å². The number of rotatable bonds is 2. The lowest BCUT2D eigenvalue weighted by Gasteiger charge is -2.12. The maximum atomic E-state index is 12.7. The molecule has 0 atom stereocenters. The van der Waals surface area contributed by atoms with Crippen LogP contribution in [0.3, 0.4) is 0 Å². The van der Waals surface area contributed by atoms with Crippen molar-refractivity contribution in [2.75, 3.05) is 5.32 Å². The van der Waals surface area contributed by atoms with Crippen LogP contribution in [-0.4, -0.2) is 20.2 Å². The summed E-state index contributed by atoms with van der Waals surface area (Å²) in [6.45, 7) is 0. The fourth-order valence-electron chi connectivity index (χ4n) is 1.79. The summed E-state index contributed by atoms with van der Waals surface area (Å²) >= 11 is 5.92. The summed E-state index contributed by atoms with van der Waals surface area (Å²) in [4.78, 5) is 7.93. The van der Waals surface area contributed by atoms with E-state index in [2.05, 4.69) is 25.5 Å². The molecule has 0 aliphatic carbocycles. The number of hydrogen-bond donors (Lipinski definition) is 2. The molecule has 0 aliphatic rings. The van der Waals surface area contributed by atoms with E-state index in [0.29, 0.717) is 16.9 Å². The molecule has 2 aromatic heterocycles. The van der Waals surface area contributed by atoms with Gasteiger partial charge in [0.2, 0.25) is 0 Å². The topological polar surface area (TPSA) is 66.5 Å². The molecule has 3 aromatic rings. The minimum atomic E-state index is -4.45. The van der Waals surface area contributed by atoms with Crippen LogP contribution in [0.4, 0.5) is 24.7 Å². The zero-order valence-corrected chi connectivity index (χ0v) is 11.0. The third-order valence-corrected chi connectivity index (χ3v) is 3.12. The number of anilines is 2. The maximum Gasteiger partial charge on any atom is 0.416 e. The summed E-state index contributed by atoms with van der Waals surface area (Å²) < 4.78 is 38.2. The van der Waals surface area contributed by atoms with Gasteiger partial charge in [-0.2, -0.15) is 18.3 Å². The standard InChI is InChI=1S/C12H7ClF3N5/c13-8-2-1-6(12(14,15)16)3-9(8)20-10-7-4-19-21-11(7)18-5-17-10/h1-5H,(H2,17,18,19,20,21). The van der Waals surface area contributed by atoms with Crippen LogP contribution in [0.15, 0.2) is 30.7 Å². The number of H-pyrrole nitrogens is 1. The molecule has 2 N–H and O–H groups in total. The van der Waals surface area contributed by atoms with Gasteiger partial charge in [-0.25, -0.2) is 9.97 Å². The van der Waals surface area contributed by atoms with E-state index in [-0.39, 0.29) is 10.7 Å². The van der Waals surface area contributed by atoms with Crippen molar-refractivity contribution in [2.24, 2.45) is 0 Å². The molecule has 21 heavy (non-hydrogen) atoms. The third-order valence-electron chi connectivity index (χ3n) is 2.79. The molecule has 0 bridgehead atoms. The summed E-state index contributed by atoms with van der Waals surface area (Å²) in [5, 5.41) is 9.91. The van der Waals surface area contributed by atoms with Crippen LogP contribution in [0.5, 0.6) is 0 Å². The van der Waals surface area contributed by atoms with Gasteiger partial charge in [0.1, 0.15) is 12.1 Å². The summed E-state index contributed by atoms with van der Waals surface area (Å²) in [6, 6.07) is 3.03. The van der Waals surface area contributed by atoms with E-state index in [1.807, 2.05) is 0 Å². The molecule has 0 saturated heterocycles. The predicted octanol–water partition coefficient (Wildman–Crippen LogP) is 3.77. The number of halogens is 4. The van der Waals surface area contributed by atoms with E-state index >= 15 is 0 Å². The Hall–Kier alpha value is -2.35. The predicted molar refractivity (Wildman–Crippen MR) is 71.4 cm³/mol. The fraction of sp³-hybridized carbons (Fsp3) is 0.0833. The summed E-state index contributed by atoms with van der Waals surface area (Å²) in [5.74, 6) is 0.315. The largest absolute Gasteiger partial charge is 0.416 e. The highest BCUT2D eigenvalue weighted by Crippen LogP contribution is 2.35. The van der Waals surface area contributed by atoms with Gasteiger partial charge in [-0.1, -0.05) is 11.6 Å². The first-order valence-corrected chi connectivity index (χ1v) is 6.11. The van der Waals surface area contributed by atoms with Gasteiger partial charge in [0.05, 0.1) is 27.9 Å². The van der Waals surface area contributed by atoms with Crippen LogP contribution in [0.25, 0.3) is 11.0 Å². The molecule has 108 valence electrons. The first kappa shape index (κ1) is 13.6. The Morgan fingerprint density at radius 2 is 2.00 bits per heavy atom. The number of nitrogens with zero attached hydrogens (tertiary/aromatic N) is 3. The highest BCUT2D eigenvalue weighted by atomic mass is 35.5. The van der Waals surface area contributed by atoms with Crippen LogP contribution in [-0.2, 0) is 6.18 Å². The molecule has 9 heteroatoms. The fourth-order valence-corrected chi connectivity index (χ4v) is 1.95.